The molecule has 1 aromatic heterocycles. The number of hydrogen-bond donors (Lipinski definition) is 1. The van der Waals surface area contributed by atoms with E-state index in [1.165, 1.54) is 12.4 Å². The van der Waals surface area contributed by atoms with Gasteiger partial charge in [0.25, 0.3) is 0 Å². The lowest BCUT2D eigenvalue weighted by molar-refractivity contribution is -0.123. The van der Waals surface area contributed by atoms with Crippen molar-refractivity contribution in [2.45, 2.75) is 39.5 Å². The fraction of sp³-hybridized carbons (Fsp3) is 0.538. The molecule has 0 aliphatic rings. The molecule has 1 aromatic rings. The van der Waals surface area contributed by atoms with E-state index in [-0.39, 0.29) is 5.91 Å². The van der Waals surface area contributed by atoms with Crippen LogP contribution in [0.25, 0.3) is 0 Å². The van der Waals surface area contributed by atoms with Crippen LogP contribution in [0.4, 0.5) is 5.82 Å². The van der Waals surface area contributed by atoms with Gasteiger partial charge < -0.3 is 5.32 Å². The molecule has 0 unspecified atom stereocenters. The molecule has 1 N–H and O–H groups in total. The predicted molar refractivity (Wildman–Crippen MR) is 76.2 cm³/mol. The van der Waals surface area contributed by atoms with Crippen LogP contribution in [0.15, 0.2) is 17.0 Å². The molecule has 0 fully saturated rings. The summed E-state index contributed by atoms with van der Waals surface area (Å²) in [6, 6.07) is 2.18. The fourth-order valence-electron chi connectivity index (χ4n) is 1.98. The summed E-state index contributed by atoms with van der Waals surface area (Å²) in [5, 5.41) is 12.1. The average Bonchev–Trinajstić information content (AvgIpc) is 2.41. The second-order valence-corrected chi connectivity index (χ2v) is 5.18. The SMILES string of the molecule is CCCC(C#N)(CCC)C(=O)Nc1cnc(Br)cn1. The van der Waals surface area contributed by atoms with Gasteiger partial charge in [-0.15, -0.1) is 0 Å². The molecule has 6 heteroatoms. The summed E-state index contributed by atoms with van der Waals surface area (Å²) in [7, 11) is 0. The van der Waals surface area contributed by atoms with Gasteiger partial charge in [-0.2, -0.15) is 5.26 Å². The van der Waals surface area contributed by atoms with Crippen molar-refractivity contribution in [2.75, 3.05) is 5.32 Å². The van der Waals surface area contributed by atoms with Crippen molar-refractivity contribution in [1.82, 2.24) is 9.97 Å². The standard InChI is InChI=1S/C13H17BrN4O/c1-3-5-13(9-15,6-4-2)12(19)18-11-8-16-10(14)7-17-11/h7-8H,3-6H2,1-2H3,(H,17,18,19). The van der Waals surface area contributed by atoms with Crippen LogP contribution in [0.1, 0.15) is 39.5 Å². The molecule has 0 bridgehead atoms. The van der Waals surface area contributed by atoms with Gasteiger partial charge >= 0.3 is 0 Å². The first-order valence-electron chi connectivity index (χ1n) is 6.28. The largest absolute Gasteiger partial charge is 0.308 e. The van der Waals surface area contributed by atoms with Crippen LogP contribution in [0, 0.1) is 16.7 Å². The van der Waals surface area contributed by atoms with Crippen LogP contribution >= 0.6 is 15.9 Å². The van der Waals surface area contributed by atoms with E-state index in [9.17, 15) is 10.1 Å². The number of halogens is 1. The minimum atomic E-state index is -0.974. The number of hydrogen-bond acceptors (Lipinski definition) is 4. The lowest BCUT2D eigenvalue weighted by Crippen LogP contribution is -2.35. The summed E-state index contributed by atoms with van der Waals surface area (Å²) in [4.78, 5) is 20.3. The zero-order valence-corrected chi connectivity index (χ0v) is 12.7. The topological polar surface area (TPSA) is 78.7 Å². The van der Waals surface area contributed by atoms with Crippen molar-refractivity contribution in [3.8, 4) is 6.07 Å². The molecule has 19 heavy (non-hydrogen) atoms. The van der Waals surface area contributed by atoms with E-state index in [0.717, 1.165) is 12.8 Å². The van der Waals surface area contributed by atoms with E-state index < -0.39 is 5.41 Å². The number of amides is 1. The molecule has 1 heterocycles. The molecule has 102 valence electrons. The fourth-order valence-corrected chi connectivity index (χ4v) is 2.19. The number of nitrogens with one attached hydrogen (secondary N) is 1. The zero-order valence-electron chi connectivity index (χ0n) is 11.1. The normalized spacial score (nSPS) is 10.8. The van der Waals surface area contributed by atoms with Crippen molar-refractivity contribution in [1.29, 1.82) is 5.26 Å². The van der Waals surface area contributed by atoms with E-state index in [0.29, 0.717) is 23.3 Å². The molecule has 0 aliphatic heterocycles. The monoisotopic (exact) mass is 324 g/mol. The summed E-state index contributed by atoms with van der Waals surface area (Å²) in [6.45, 7) is 3.93. The van der Waals surface area contributed by atoms with Crippen molar-refractivity contribution in [3.63, 3.8) is 0 Å². The van der Waals surface area contributed by atoms with Crippen LogP contribution in [0.3, 0.4) is 0 Å². The Hall–Kier alpha value is -1.48. The number of nitriles is 1. The third-order valence-corrected chi connectivity index (χ3v) is 3.27. The number of aromatic nitrogens is 2. The summed E-state index contributed by atoms with van der Waals surface area (Å²) in [5.41, 5.74) is -0.974. The van der Waals surface area contributed by atoms with Gasteiger partial charge in [-0.3, -0.25) is 4.79 Å². The van der Waals surface area contributed by atoms with Crippen molar-refractivity contribution < 1.29 is 4.79 Å². The van der Waals surface area contributed by atoms with E-state index in [4.69, 9.17) is 0 Å². The molecular weight excluding hydrogens is 308 g/mol. The first kappa shape index (κ1) is 15.6. The Morgan fingerprint density at radius 2 is 2.00 bits per heavy atom. The molecule has 0 saturated carbocycles. The van der Waals surface area contributed by atoms with Crippen LogP contribution in [-0.2, 0) is 4.79 Å². The Morgan fingerprint density at radius 3 is 2.42 bits per heavy atom. The lowest BCUT2D eigenvalue weighted by atomic mass is 9.80. The predicted octanol–water partition coefficient (Wildman–Crippen LogP) is 3.29. The van der Waals surface area contributed by atoms with Gasteiger partial charge in [-0.05, 0) is 28.8 Å². The Kier molecular flexibility index (Phi) is 5.90. The highest BCUT2D eigenvalue weighted by atomic mass is 79.9. The summed E-state index contributed by atoms with van der Waals surface area (Å²) in [6.07, 6.45) is 5.63. The van der Waals surface area contributed by atoms with Crippen molar-refractivity contribution >= 4 is 27.7 Å². The van der Waals surface area contributed by atoms with E-state index in [1.54, 1.807) is 0 Å². The summed E-state index contributed by atoms with van der Waals surface area (Å²) in [5.74, 6) is 0.0651. The Morgan fingerprint density at radius 1 is 1.37 bits per heavy atom. The maximum absolute atomic E-state index is 12.3. The molecule has 0 saturated heterocycles. The number of anilines is 1. The van der Waals surface area contributed by atoms with Crippen LogP contribution in [-0.4, -0.2) is 15.9 Å². The van der Waals surface area contributed by atoms with Gasteiger partial charge in [0.05, 0.1) is 18.5 Å². The molecule has 0 radical (unpaired) electrons. The minimum absolute atomic E-state index is 0.296. The van der Waals surface area contributed by atoms with Crippen LogP contribution < -0.4 is 5.32 Å². The highest BCUT2D eigenvalue weighted by Crippen LogP contribution is 2.30. The third kappa shape index (κ3) is 4.00. The maximum Gasteiger partial charge on any atom is 0.246 e. The zero-order chi connectivity index (χ0) is 14.3. The molecule has 0 spiro atoms. The van der Waals surface area contributed by atoms with Crippen LogP contribution in [0.5, 0.6) is 0 Å². The molecule has 5 nitrogen and oxygen atoms in total. The Labute approximate surface area is 121 Å². The molecule has 0 atom stereocenters. The molecule has 1 amide bonds. The smallest absolute Gasteiger partial charge is 0.246 e. The van der Waals surface area contributed by atoms with Crippen LogP contribution in [0.2, 0.25) is 0 Å². The quantitative estimate of drug-likeness (QED) is 0.870. The van der Waals surface area contributed by atoms with Gasteiger partial charge in [0.2, 0.25) is 5.91 Å². The number of carbonyl (C=O) groups is 1. The maximum atomic E-state index is 12.3. The molecule has 0 aromatic carbocycles. The number of rotatable bonds is 6. The molecule has 0 aliphatic carbocycles. The third-order valence-electron chi connectivity index (χ3n) is 2.86. The molecule has 1 rings (SSSR count). The van der Waals surface area contributed by atoms with E-state index >= 15 is 0 Å². The summed E-state index contributed by atoms with van der Waals surface area (Å²) < 4.78 is 0.596. The molecular formula is C13H17BrN4O. The highest BCUT2D eigenvalue weighted by molar-refractivity contribution is 9.10. The average molecular weight is 325 g/mol. The van der Waals surface area contributed by atoms with E-state index in [2.05, 4.69) is 37.3 Å². The van der Waals surface area contributed by atoms with Gasteiger partial charge in [0.15, 0.2) is 5.82 Å². The van der Waals surface area contributed by atoms with Gasteiger partial charge in [-0.25, -0.2) is 9.97 Å². The van der Waals surface area contributed by atoms with E-state index in [1.807, 2.05) is 13.8 Å². The minimum Gasteiger partial charge on any atom is -0.308 e. The highest BCUT2D eigenvalue weighted by Gasteiger charge is 2.37. The number of carbonyl (C=O) groups excluding carboxylic acids is 1. The summed E-state index contributed by atoms with van der Waals surface area (Å²) >= 11 is 3.18. The Balaban J connectivity index is 2.88. The first-order valence-corrected chi connectivity index (χ1v) is 7.07. The van der Waals surface area contributed by atoms with Gasteiger partial charge in [0.1, 0.15) is 10.0 Å². The Bertz CT molecular complexity index is 461. The second kappa shape index (κ2) is 7.19. The second-order valence-electron chi connectivity index (χ2n) is 4.37. The first-order chi connectivity index (χ1) is 9.07. The van der Waals surface area contributed by atoms with Gasteiger partial charge in [0, 0.05) is 0 Å². The lowest BCUT2D eigenvalue weighted by Gasteiger charge is -2.24. The van der Waals surface area contributed by atoms with Crippen molar-refractivity contribution in [3.05, 3.63) is 17.0 Å². The number of nitrogens with zero attached hydrogens (tertiary/aromatic N) is 3. The van der Waals surface area contributed by atoms with Gasteiger partial charge in [-0.1, -0.05) is 26.7 Å². The van der Waals surface area contributed by atoms with Crippen molar-refractivity contribution in [2.24, 2.45) is 5.41 Å².